The number of likely N-dealkylation sites (tertiary alicyclic amines) is 1. The molecule has 4 aromatic carbocycles. The topological polar surface area (TPSA) is 102 Å². The summed E-state index contributed by atoms with van der Waals surface area (Å²) in [6.07, 6.45) is -0.253. The monoisotopic (exact) mass is 620 g/mol. The number of amides is 3. The number of hydrogen-bond acceptors (Lipinski definition) is 6. The normalized spacial score (nSPS) is 18.8. The van der Waals surface area contributed by atoms with E-state index >= 15 is 0 Å². The van der Waals surface area contributed by atoms with Crippen LogP contribution in [0.1, 0.15) is 17.5 Å². The number of benzene rings is 4. The second kappa shape index (κ2) is 14.0. The summed E-state index contributed by atoms with van der Waals surface area (Å²) in [5.41, 5.74) is 2.75. The van der Waals surface area contributed by atoms with Gasteiger partial charge in [0.15, 0.2) is 0 Å². The highest BCUT2D eigenvalue weighted by Gasteiger charge is 2.40. The molecule has 3 atom stereocenters. The number of ether oxygens (including phenoxy) is 1. The fourth-order valence-electron chi connectivity index (χ4n) is 6.56. The third kappa shape index (κ3) is 7.00. The number of para-hydroxylation sites is 2. The van der Waals surface area contributed by atoms with Gasteiger partial charge in [0.05, 0.1) is 25.3 Å². The molecule has 0 aliphatic carbocycles. The van der Waals surface area contributed by atoms with Gasteiger partial charge in [-0.25, -0.2) is 0 Å². The maximum Gasteiger partial charge on any atom is 0.245 e. The van der Waals surface area contributed by atoms with Gasteiger partial charge in [0.25, 0.3) is 0 Å². The van der Waals surface area contributed by atoms with E-state index in [1.807, 2.05) is 91.0 Å². The van der Waals surface area contributed by atoms with E-state index in [0.29, 0.717) is 32.6 Å². The molecule has 9 heteroatoms. The van der Waals surface area contributed by atoms with Gasteiger partial charge < -0.3 is 29.9 Å². The molecule has 0 saturated carbocycles. The molecule has 9 nitrogen and oxygen atoms in total. The lowest BCUT2D eigenvalue weighted by atomic mass is 10.00. The van der Waals surface area contributed by atoms with E-state index in [4.69, 9.17) is 4.74 Å². The number of methoxy groups -OCH3 is 1. The summed E-state index contributed by atoms with van der Waals surface area (Å²) in [7, 11) is 1.65. The van der Waals surface area contributed by atoms with Crippen LogP contribution in [-0.4, -0.2) is 90.6 Å². The lowest BCUT2D eigenvalue weighted by Gasteiger charge is -2.38. The molecule has 2 fully saturated rings. The molecule has 2 aliphatic heterocycles. The Kier molecular flexibility index (Phi) is 9.49. The van der Waals surface area contributed by atoms with Gasteiger partial charge in [-0.1, -0.05) is 84.9 Å². The van der Waals surface area contributed by atoms with Crippen LogP contribution in [-0.2, 0) is 27.2 Å². The Bertz CT molecular complexity index is 1690. The first kappa shape index (κ1) is 31.1. The quantitative estimate of drug-likeness (QED) is 0.298. The van der Waals surface area contributed by atoms with Crippen molar-refractivity contribution in [2.45, 2.75) is 37.5 Å². The van der Waals surface area contributed by atoms with Crippen LogP contribution in [0.2, 0.25) is 0 Å². The highest BCUT2D eigenvalue weighted by Crippen LogP contribution is 2.29. The number of fused-ring (bicyclic) bond motifs is 1. The molecule has 2 unspecified atom stereocenters. The Labute approximate surface area is 269 Å². The van der Waals surface area contributed by atoms with E-state index < -0.39 is 24.1 Å². The van der Waals surface area contributed by atoms with Gasteiger partial charge in [-0.05, 0) is 34.0 Å². The van der Waals surface area contributed by atoms with Crippen LogP contribution in [0.4, 0.5) is 5.69 Å². The highest BCUT2D eigenvalue weighted by molar-refractivity contribution is 5.93. The minimum Gasteiger partial charge on any atom is -0.495 e. The average molecular weight is 621 g/mol. The van der Waals surface area contributed by atoms with Crippen molar-refractivity contribution in [1.29, 1.82) is 0 Å². The molecule has 2 heterocycles. The van der Waals surface area contributed by atoms with Crippen LogP contribution in [0.3, 0.4) is 0 Å². The van der Waals surface area contributed by atoms with E-state index in [-0.39, 0.29) is 31.2 Å². The van der Waals surface area contributed by atoms with E-state index in [1.165, 1.54) is 4.90 Å². The number of β-amino-alcohol motifs (C(OH)–C–C–N with tert-alkyl or cyclic N) is 1. The molecule has 3 amide bonds. The number of nitrogens with zero attached hydrogens (tertiary/aromatic N) is 3. The van der Waals surface area contributed by atoms with Crippen molar-refractivity contribution >= 4 is 34.2 Å². The predicted octanol–water partition coefficient (Wildman–Crippen LogP) is 3.43. The zero-order chi connectivity index (χ0) is 32.0. The van der Waals surface area contributed by atoms with Crippen molar-refractivity contribution < 1.29 is 24.2 Å². The Morgan fingerprint density at radius 2 is 1.54 bits per heavy atom. The molecular weight excluding hydrogens is 580 g/mol. The summed E-state index contributed by atoms with van der Waals surface area (Å²) in [5.74, 6) is -0.0340. The third-order valence-electron chi connectivity index (χ3n) is 8.99. The standard InChI is InChI=1S/C37H40N4O5/c1-46-34-14-8-7-13-32(34)39-17-19-40(20-18-39)37(45)31(22-27-15-16-28-11-5-6-12-29(28)21-27)38-36(44)33-24-30(42)25-41(33)35(43)23-26-9-3-2-4-10-26/h2-16,21,30-31,33,42H,17-20,22-25H2,1H3,(H,38,44)/t30-,31?,33?/m1/s1. The van der Waals surface area contributed by atoms with Crippen LogP contribution < -0.4 is 15.0 Å². The van der Waals surface area contributed by atoms with Crippen molar-refractivity contribution in [2.75, 3.05) is 44.7 Å². The number of aliphatic hydroxyl groups is 1. The van der Waals surface area contributed by atoms with Gasteiger partial charge in [0.1, 0.15) is 17.8 Å². The van der Waals surface area contributed by atoms with E-state index in [0.717, 1.165) is 33.3 Å². The first-order valence-corrected chi connectivity index (χ1v) is 15.9. The van der Waals surface area contributed by atoms with Crippen molar-refractivity contribution in [2.24, 2.45) is 0 Å². The highest BCUT2D eigenvalue weighted by atomic mass is 16.5. The van der Waals surface area contributed by atoms with E-state index in [1.54, 1.807) is 12.0 Å². The molecule has 46 heavy (non-hydrogen) atoms. The third-order valence-corrected chi connectivity index (χ3v) is 8.99. The van der Waals surface area contributed by atoms with E-state index in [2.05, 4.69) is 16.3 Å². The Hall–Kier alpha value is -4.89. The van der Waals surface area contributed by atoms with Gasteiger partial charge in [-0.2, -0.15) is 0 Å². The zero-order valence-corrected chi connectivity index (χ0v) is 26.0. The number of hydrogen-bond donors (Lipinski definition) is 2. The van der Waals surface area contributed by atoms with Gasteiger partial charge >= 0.3 is 0 Å². The number of nitrogens with one attached hydrogen (secondary N) is 1. The summed E-state index contributed by atoms with van der Waals surface area (Å²) in [6.45, 7) is 2.31. The smallest absolute Gasteiger partial charge is 0.245 e. The molecule has 2 aliphatic rings. The maximum absolute atomic E-state index is 14.1. The second-order valence-corrected chi connectivity index (χ2v) is 12.0. The predicted molar refractivity (Wildman–Crippen MR) is 178 cm³/mol. The molecule has 6 rings (SSSR count). The number of rotatable bonds is 9. The molecular formula is C37H40N4O5. The molecule has 0 spiro atoms. The summed E-state index contributed by atoms with van der Waals surface area (Å²) in [5, 5.41) is 15.7. The molecule has 2 N–H and O–H groups in total. The molecule has 0 aromatic heterocycles. The first-order chi connectivity index (χ1) is 22.4. The van der Waals surface area contributed by atoms with Crippen molar-refractivity contribution in [3.05, 3.63) is 108 Å². The summed E-state index contributed by atoms with van der Waals surface area (Å²) < 4.78 is 5.55. The average Bonchev–Trinajstić information content (AvgIpc) is 3.50. The second-order valence-electron chi connectivity index (χ2n) is 12.0. The molecule has 0 bridgehead atoms. The fraction of sp³-hybridized carbons (Fsp3) is 0.324. The number of aliphatic hydroxyl groups excluding tert-OH is 1. The van der Waals surface area contributed by atoms with Crippen LogP contribution >= 0.6 is 0 Å². The van der Waals surface area contributed by atoms with Gasteiger partial charge in [0, 0.05) is 45.6 Å². The minimum atomic E-state index is -0.861. The Morgan fingerprint density at radius 1 is 0.848 bits per heavy atom. The van der Waals surface area contributed by atoms with Crippen LogP contribution in [0.5, 0.6) is 5.75 Å². The maximum atomic E-state index is 14.1. The van der Waals surface area contributed by atoms with Crippen LogP contribution in [0.25, 0.3) is 10.8 Å². The number of carbonyl (C=O) groups excluding carboxylic acids is 3. The molecule has 0 radical (unpaired) electrons. The molecule has 4 aromatic rings. The van der Waals surface area contributed by atoms with Crippen molar-refractivity contribution in [3.63, 3.8) is 0 Å². The van der Waals surface area contributed by atoms with E-state index in [9.17, 15) is 19.5 Å². The summed E-state index contributed by atoms with van der Waals surface area (Å²) >= 11 is 0. The van der Waals surface area contributed by atoms with Gasteiger partial charge in [0.2, 0.25) is 17.7 Å². The summed E-state index contributed by atoms with van der Waals surface area (Å²) in [6, 6.07) is 29.6. The van der Waals surface area contributed by atoms with Gasteiger partial charge in [-0.15, -0.1) is 0 Å². The largest absolute Gasteiger partial charge is 0.495 e. The van der Waals surface area contributed by atoms with Crippen molar-refractivity contribution in [3.8, 4) is 5.75 Å². The Morgan fingerprint density at radius 3 is 2.30 bits per heavy atom. The number of carbonyl (C=O) groups is 3. The molecule has 238 valence electrons. The Balaban J connectivity index is 1.20. The molecule has 2 saturated heterocycles. The SMILES string of the molecule is COc1ccccc1N1CCN(C(=O)C(Cc2ccc3ccccc3c2)NC(=O)C2C[C@@H](O)CN2C(=O)Cc2ccccc2)CC1. The van der Waals surface area contributed by atoms with Crippen LogP contribution in [0.15, 0.2) is 97.1 Å². The zero-order valence-electron chi connectivity index (χ0n) is 26.0. The lowest BCUT2D eigenvalue weighted by Crippen LogP contribution is -2.58. The number of piperazine rings is 1. The van der Waals surface area contributed by atoms with Crippen molar-refractivity contribution in [1.82, 2.24) is 15.1 Å². The number of anilines is 1. The summed E-state index contributed by atoms with van der Waals surface area (Å²) in [4.78, 5) is 46.8. The minimum absolute atomic E-state index is 0.0813. The van der Waals surface area contributed by atoms with Gasteiger partial charge in [-0.3, -0.25) is 14.4 Å². The first-order valence-electron chi connectivity index (χ1n) is 15.9. The lowest BCUT2D eigenvalue weighted by molar-refractivity contribution is -0.141. The van der Waals surface area contributed by atoms with Crippen LogP contribution in [0, 0.1) is 0 Å². The fourth-order valence-corrected chi connectivity index (χ4v) is 6.56.